The third kappa shape index (κ3) is 6.10. The number of anilines is 1. The van der Waals surface area contributed by atoms with Crippen LogP contribution in [0.5, 0.6) is 5.75 Å². The molecule has 7 heteroatoms. The average Bonchev–Trinajstić information content (AvgIpc) is 2.76. The van der Waals surface area contributed by atoms with Crippen molar-refractivity contribution in [1.82, 2.24) is 20.5 Å². The molecule has 7 nitrogen and oxygen atoms in total. The highest BCUT2D eigenvalue weighted by atomic mass is 16.5. The highest BCUT2D eigenvalue weighted by Crippen LogP contribution is 2.20. The van der Waals surface area contributed by atoms with Crippen molar-refractivity contribution in [2.45, 2.75) is 26.9 Å². The number of aryl methyl sites for hydroxylation is 1. The molecule has 0 unspecified atom stereocenters. The number of hydrogen-bond donors (Lipinski definition) is 2. The van der Waals surface area contributed by atoms with Crippen LogP contribution >= 0.6 is 0 Å². The van der Waals surface area contributed by atoms with E-state index < -0.39 is 0 Å². The number of nitrogens with one attached hydrogen (secondary N) is 2. The van der Waals surface area contributed by atoms with Crippen molar-refractivity contribution >= 4 is 11.8 Å². The fourth-order valence-electron chi connectivity index (χ4n) is 3.46. The van der Waals surface area contributed by atoms with Gasteiger partial charge in [0.15, 0.2) is 5.96 Å². The number of hydrogen-bond acceptors (Lipinski definition) is 5. The van der Waals surface area contributed by atoms with Crippen molar-refractivity contribution in [2.75, 3.05) is 51.8 Å². The molecule has 30 heavy (non-hydrogen) atoms. The summed E-state index contributed by atoms with van der Waals surface area (Å²) < 4.78 is 5.78. The first-order chi connectivity index (χ1) is 14.6. The molecular weight excluding hydrogens is 376 g/mol. The second-order valence-corrected chi connectivity index (χ2v) is 7.64. The minimum absolute atomic E-state index is 0.651. The Balaban J connectivity index is 1.55. The molecule has 1 fully saturated rings. The van der Waals surface area contributed by atoms with Gasteiger partial charge in [-0.3, -0.25) is 4.99 Å². The zero-order chi connectivity index (χ0) is 21.3. The van der Waals surface area contributed by atoms with E-state index in [1.165, 1.54) is 11.1 Å². The van der Waals surface area contributed by atoms with Crippen molar-refractivity contribution in [3.05, 3.63) is 53.2 Å². The van der Waals surface area contributed by atoms with E-state index in [9.17, 15) is 0 Å². The van der Waals surface area contributed by atoms with E-state index in [1.54, 1.807) is 7.05 Å². The summed E-state index contributed by atoms with van der Waals surface area (Å²) >= 11 is 0. The van der Waals surface area contributed by atoms with Gasteiger partial charge in [0.25, 0.3) is 0 Å². The lowest BCUT2D eigenvalue weighted by Crippen LogP contribution is -2.44. The minimum Gasteiger partial charge on any atom is -0.494 e. The van der Waals surface area contributed by atoms with Gasteiger partial charge < -0.3 is 25.2 Å². The fraction of sp³-hybridized carbons (Fsp3) is 0.478. The van der Waals surface area contributed by atoms with Crippen LogP contribution in [0.25, 0.3) is 0 Å². The van der Waals surface area contributed by atoms with Gasteiger partial charge in [-0.15, -0.1) is 0 Å². The molecule has 3 rings (SSSR count). The molecule has 162 valence electrons. The molecule has 1 aromatic carbocycles. The van der Waals surface area contributed by atoms with Gasteiger partial charge in [0.2, 0.25) is 0 Å². The average molecular weight is 411 g/mol. The summed E-state index contributed by atoms with van der Waals surface area (Å²) in [6.45, 7) is 10.3. The van der Waals surface area contributed by atoms with E-state index in [-0.39, 0.29) is 0 Å². The maximum absolute atomic E-state index is 5.78. The Morgan fingerprint density at radius 2 is 1.87 bits per heavy atom. The fourth-order valence-corrected chi connectivity index (χ4v) is 3.46. The quantitative estimate of drug-likeness (QED) is 0.540. The Morgan fingerprint density at radius 3 is 2.60 bits per heavy atom. The van der Waals surface area contributed by atoms with Gasteiger partial charge in [-0.05, 0) is 50.2 Å². The molecule has 0 aliphatic carbocycles. The van der Waals surface area contributed by atoms with E-state index in [4.69, 9.17) is 4.74 Å². The number of likely N-dealkylation sites (N-methyl/N-ethyl adjacent to an activating group) is 1. The Hall–Kier alpha value is -2.80. The van der Waals surface area contributed by atoms with Crippen LogP contribution in [0.15, 0.2) is 41.5 Å². The molecule has 2 heterocycles. The first-order valence-corrected chi connectivity index (χ1v) is 10.6. The molecule has 0 radical (unpaired) electrons. The highest BCUT2D eigenvalue weighted by molar-refractivity contribution is 5.79. The van der Waals surface area contributed by atoms with Gasteiger partial charge in [-0.1, -0.05) is 12.1 Å². The molecule has 1 aliphatic heterocycles. The summed E-state index contributed by atoms with van der Waals surface area (Å²) in [6, 6.07) is 10.5. The van der Waals surface area contributed by atoms with Crippen molar-refractivity contribution in [3.63, 3.8) is 0 Å². The number of nitrogens with zero attached hydrogens (tertiary/aromatic N) is 4. The van der Waals surface area contributed by atoms with Crippen molar-refractivity contribution in [1.29, 1.82) is 0 Å². The second kappa shape index (κ2) is 10.8. The molecule has 0 spiro atoms. The van der Waals surface area contributed by atoms with E-state index in [0.29, 0.717) is 19.7 Å². The van der Waals surface area contributed by atoms with E-state index in [2.05, 4.69) is 68.6 Å². The lowest BCUT2D eigenvalue weighted by molar-refractivity contribution is 0.312. The summed E-state index contributed by atoms with van der Waals surface area (Å²) in [6.07, 6.45) is 1.89. The molecule has 0 bridgehead atoms. The Morgan fingerprint density at radius 1 is 1.10 bits per heavy atom. The van der Waals surface area contributed by atoms with Crippen LogP contribution in [0, 0.1) is 6.92 Å². The maximum Gasteiger partial charge on any atom is 0.191 e. The lowest BCUT2D eigenvalue weighted by atomic mass is 10.1. The number of aromatic nitrogens is 1. The van der Waals surface area contributed by atoms with Gasteiger partial charge in [-0.25, -0.2) is 4.98 Å². The maximum atomic E-state index is 5.78. The van der Waals surface area contributed by atoms with Gasteiger partial charge in [0, 0.05) is 58.1 Å². The molecule has 0 amide bonds. The number of benzene rings is 1. The lowest BCUT2D eigenvalue weighted by Gasteiger charge is -2.33. The summed E-state index contributed by atoms with van der Waals surface area (Å²) in [5.74, 6) is 2.73. The third-order valence-electron chi connectivity index (χ3n) is 5.29. The minimum atomic E-state index is 0.651. The summed E-state index contributed by atoms with van der Waals surface area (Å²) in [5, 5.41) is 6.78. The molecular formula is C23H34N6O. The van der Waals surface area contributed by atoms with E-state index in [0.717, 1.165) is 49.3 Å². The summed E-state index contributed by atoms with van der Waals surface area (Å²) in [7, 11) is 3.95. The van der Waals surface area contributed by atoms with Gasteiger partial charge in [0.1, 0.15) is 11.6 Å². The molecule has 0 atom stereocenters. The highest BCUT2D eigenvalue weighted by Gasteiger charge is 2.15. The van der Waals surface area contributed by atoms with Gasteiger partial charge in [-0.2, -0.15) is 0 Å². The standard InChI is InChI=1S/C23H34N6O/c1-5-30-21-14-18(2)6-7-20(21)17-27-23(24-3)26-16-19-8-9-25-22(15-19)29-12-10-28(4)11-13-29/h6-9,14-15H,5,10-13,16-17H2,1-4H3,(H2,24,26,27). The Bertz CT molecular complexity index is 845. The zero-order valence-electron chi connectivity index (χ0n) is 18.6. The molecule has 1 aromatic heterocycles. The van der Waals surface area contributed by atoms with Gasteiger partial charge >= 0.3 is 0 Å². The van der Waals surface area contributed by atoms with Crippen molar-refractivity contribution in [2.24, 2.45) is 4.99 Å². The van der Waals surface area contributed by atoms with E-state index >= 15 is 0 Å². The number of piperazine rings is 1. The second-order valence-electron chi connectivity index (χ2n) is 7.64. The first kappa shape index (κ1) is 21.9. The summed E-state index contributed by atoms with van der Waals surface area (Å²) in [5.41, 5.74) is 3.50. The van der Waals surface area contributed by atoms with Crippen LogP contribution in [0.2, 0.25) is 0 Å². The Labute approximate surface area is 180 Å². The van der Waals surface area contributed by atoms with Crippen LogP contribution in [0.3, 0.4) is 0 Å². The summed E-state index contributed by atoms with van der Waals surface area (Å²) in [4.78, 5) is 13.6. The van der Waals surface area contributed by atoms with Crippen LogP contribution in [-0.4, -0.2) is 62.7 Å². The van der Waals surface area contributed by atoms with Crippen LogP contribution < -0.4 is 20.3 Å². The number of aliphatic imine (C=N–C) groups is 1. The van der Waals surface area contributed by atoms with Crippen LogP contribution in [0.4, 0.5) is 5.82 Å². The van der Waals surface area contributed by atoms with E-state index in [1.807, 2.05) is 19.2 Å². The molecule has 2 aromatic rings. The zero-order valence-corrected chi connectivity index (χ0v) is 18.6. The first-order valence-electron chi connectivity index (χ1n) is 10.6. The largest absolute Gasteiger partial charge is 0.494 e. The molecule has 1 aliphatic rings. The number of pyridine rings is 1. The number of rotatable bonds is 7. The Kier molecular flexibility index (Phi) is 7.90. The van der Waals surface area contributed by atoms with Crippen LogP contribution in [0.1, 0.15) is 23.6 Å². The topological polar surface area (TPSA) is 65.0 Å². The smallest absolute Gasteiger partial charge is 0.191 e. The predicted molar refractivity (Wildman–Crippen MR) is 123 cm³/mol. The molecule has 2 N–H and O–H groups in total. The van der Waals surface area contributed by atoms with Crippen molar-refractivity contribution in [3.8, 4) is 5.75 Å². The molecule has 1 saturated heterocycles. The number of guanidine groups is 1. The van der Waals surface area contributed by atoms with Gasteiger partial charge in [0.05, 0.1) is 6.61 Å². The normalized spacial score (nSPS) is 15.2. The van der Waals surface area contributed by atoms with Crippen molar-refractivity contribution < 1.29 is 4.74 Å². The molecule has 0 saturated carbocycles. The SMILES string of the molecule is CCOc1cc(C)ccc1CNC(=NC)NCc1ccnc(N2CCN(C)CC2)c1. The number of ether oxygens (including phenoxy) is 1. The monoisotopic (exact) mass is 410 g/mol. The predicted octanol–water partition coefficient (Wildman–Crippen LogP) is 2.41. The van der Waals surface area contributed by atoms with Crippen LogP contribution in [-0.2, 0) is 13.1 Å². The third-order valence-corrected chi connectivity index (χ3v) is 5.29.